The lowest BCUT2D eigenvalue weighted by Gasteiger charge is -2.18. The maximum absolute atomic E-state index is 11.8. The van der Waals surface area contributed by atoms with E-state index in [-0.39, 0.29) is 11.5 Å². The summed E-state index contributed by atoms with van der Waals surface area (Å²) >= 11 is 0. The summed E-state index contributed by atoms with van der Waals surface area (Å²) in [5.41, 5.74) is 0.918. The molecular formula is C16H25NO4S. The number of benzene rings is 1. The van der Waals surface area contributed by atoms with Crippen molar-refractivity contribution in [1.29, 1.82) is 0 Å². The van der Waals surface area contributed by atoms with Crippen LogP contribution in [0.3, 0.4) is 0 Å². The molecule has 0 heterocycles. The van der Waals surface area contributed by atoms with Gasteiger partial charge in [-0.05, 0) is 37.5 Å². The Bertz CT molecular complexity index is 594. The number of sulfone groups is 1. The summed E-state index contributed by atoms with van der Waals surface area (Å²) in [6.45, 7) is 2.41. The summed E-state index contributed by atoms with van der Waals surface area (Å²) in [6.07, 6.45) is 5.29. The van der Waals surface area contributed by atoms with E-state index in [0.29, 0.717) is 18.3 Å². The molecule has 2 N–H and O–H groups in total. The summed E-state index contributed by atoms with van der Waals surface area (Å²) < 4.78 is 29.1. The SMILES string of the molecule is Cc1ccc(S(C)(=O)=O)c(OCC(O)CNC2CCCC2)c1. The Hall–Kier alpha value is -1.11. The number of ether oxygens (including phenoxy) is 1. The number of aliphatic hydroxyl groups excluding tert-OH is 1. The van der Waals surface area contributed by atoms with Crippen molar-refractivity contribution in [2.45, 2.75) is 49.6 Å². The quantitative estimate of drug-likeness (QED) is 0.797. The van der Waals surface area contributed by atoms with Crippen LogP contribution in [0, 0.1) is 6.92 Å². The number of nitrogens with one attached hydrogen (secondary N) is 1. The number of rotatable bonds is 7. The Morgan fingerprint density at radius 1 is 1.36 bits per heavy atom. The highest BCUT2D eigenvalue weighted by Crippen LogP contribution is 2.25. The van der Waals surface area contributed by atoms with Crippen molar-refractivity contribution in [2.75, 3.05) is 19.4 Å². The van der Waals surface area contributed by atoms with Crippen molar-refractivity contribution < 1.29 is 18.3 Å². The third-order valence-corrected chi connectivity index (χ3v) is 5.06. The predicted octanol–water partition coefficient (Wildman–Crippen LogP) is 1.67. The van der Waals surface area contributed by atoms with E-state index in [1.807, 2.05) is 6.92 Å². The summed E-state index contributed by atoms with van der Waals surface area (Å²) in [5.74, 6) is 0.308. The molecule has 1 aliphatic rings. The molecule has 1 atom stereocenters. The molecule has 124 valence electrons. The first-order chi connectivity index (χ1) is 10.4. The Kier molecular flexibility index (Phi) is 5.83. The van der Waals surface area contributed by atoms with Gasteiger partial charge in [0.1, 0.15) is 23.4 Å². The lowest BCUT2D eigenvalue weighted by Crippen LogP contribution is -2.36. The van der Waals surface area contributed by atoms with Crippen molar-refractivity contribution in [1.82, 2.24) is 5.32 Å². The van der Waals surface area contributed by atoms with E-state index >= 15 is 0 Å². The molecule has 0 bridgehead atoms. The maximum Gasteiger partial charge on any atom is 0.179 e. The second-order valence-corrected chi connectivity index (χ2v) is 8.06. The lowest BCUT2D eigenvalue weighted by atomic mass is 10.2. The normalized spacial score (nSPS) is 17.6. The molecule has 5 nitrogen and oxygen atoms in total. The highest BCUT2D eigenvalue weighted by atomic mass is 32.2. The molecule has 0 amide bonds. The van der Waals surface area contributed by atoms with E-state index in [1.54, 1.807) is 18.2 Å². The molecule has 1 saturated carbocycles. The molecule has 1 unspecified atom stereocenters. The van der Waals surface area contributed by atoms with Gasteiger partial charge in [-0.2, -0.15) is 0 Å². The Morgan fingerprint density at radius 2 is 2.05 bits per heavy atom. The van der Waals surface area contributed by atoms with Crippen LogP contribution in [0.1, 0.15) is 31.2 Å². The zero-order valence-corrected chi connectivity index (χ0v) is 14.0. The Balaban J connectivity index is 1.91. The van der Waals surface area contributed by atoms with Gasteiger partial charge in [0.05, 0.1) is 0 Å². The second-order valence-electron chi connectivity index (χ2n) is 6.08. The number of hydrogen-bond donors (Lipinski definition) is 2. The van der Waals surface area contributed by atoms with E-state index in [2.05, 4.69) is 5.32 Å². The zero-order valence-electron chi connectivity index (χ0n) is 13.2. The van der Waals surface area contributed by atoms with E-state index in [9.17, 15) is 13.5 Å². The highest BCUT2D eigenvalue weighted by Gasteiger charge is 2.18. The fourth-order valence-corrected chi connectivity index (χ4v) is 3.51. The lowest BCUT2D eigenvalue weighted by molar-refractivity contribution is 0.102. The first kappa shape index (κ1) is 17.2. The van der Waals surface area contributed by atoms with Gasteiger partial charge in [-0.1, -0.05) is 18.9 Å². The molecule has 0 radical (unpaired) electrons. The van der Waals surface area contributed by atoms with Crippen LogP contribution in [0.4, 0.5) is 0 Å². The summed E-state index contributed by atoms with van der Waals surface area (Å²) in [5, 5.41) is 13.3. The monoisotopic (exact) mass is 327 g/mol. The standard InChI is InChI=1S/C16H25NO4S/c1-12-7-8-16(22(2,19)20)15(9-12)21-11-14(18)10-17-13-5-3-4-6-13/h7-9,13-14,17-18H,3-6,10-11H2,1-2H3. The molecule has 0 aliphatic heterocycles. The molecule has 0 aromatic heterocycles. The van der Waals surface area contributed by atoms with Crippen molar-refractivity contribution in [3.8, 4) is 5.75 Å². The molecule has 2 rings (SSSR count). The van der Waals surface area contributed by atoms with Gasteiger partial charge in [0.2, 0.25) is 0 Å². The molecule has 1 aliphatic carbocycles. The van der Waals surface area contributed by atoms with Gasteiger partial charge in [-0.3, -0.25) is 0 Å². The van der Waals surface area contributed by atoms with Crippen LogP contribution in [0.5, 0.6) is 5.75 Å². The Labute approximate surface area is 132 Å². The van der Waals surface area contributed by atoms with Crippen molar-refractivity contribution in [3.63, 3.8) is 0 Å². The average Bonchev–Trinajstić information content (AvgIpc) is 2.95. The van der Waals surface area contributed by atoms with E-state index in [4.69, 9.17) is 4.74 Å². The smallest absolute Gasteiger partial charge is 0.179 e. The van der Waals surface area contributed by atoms with Gasteiger partial charge in [0.25, 0.3) is 0 Å². The van der Waals surface area contributed by atoms with Crippen LogP contribution in [0.15, 0.2) is 23.1 Å². The van der Waals surface area contributed by atoms with Gasteiger partial charge < -0.3 is 15.2 Å². The Morgan fingerprint density at radius 3 is 2.68 bits per heavy atom. The highest BCUT2D eigenvalue weighted by molar-refractivity contribution is 7.90. The van der Waals surface area contributed by atoms with Crippen LogP contribution < -0.4 is 10.1 Å². The van der Waals surface area contributed by atoms with Crippen molar-refractivity contribution in [2.24, 2.45) is 0 Å². The van der Waals surface area contributed by atoms with Crippen LogP contribution in [0.2, 0.25) is 0 Å². The average molecular weight is 327 g/mol. The van der Waals surface area contributed by atoms with Crippen molar-refractivity contribution in [3.05, 3.63) is 23.8 Å². The molecule has 1 fully saturated rings. The van der Waals surface area contributed by atoms with Gasteiger partial charge >= 0.3 is 0 Å². The fraction of sp³-hybridized carbons (Fsp3) is 0.625. The van der Waals surface area contributed by atoms with Gasteiger partial charge in [-0.25, -0.2) is 8.42 Å². The largest absolute Gasteiger partial charge is 0.489 e. The number of aliphatic hydroxyl groups is 1. The number of hydrogen-bond acceptors (Lipinski definition) is 5. The third-order valence-electron chi connectivity index (χ3n) is 3.93. The van der Waals surface area contributed by atoms with Gasteiger partial charge in [-0.15, -0.1) is 0 Å². The van der Waals surface area contributed by atoms with E-state index in [1.165, 1.54) is 12.8 Å². The van der Waals surface area contributed by atoms with Gasteiger partial charge in [0, 0.05) is 18.8 Å². The molecule has 0 saturated heterocycles. The topological polar surface area (TPSA) is 75.6 Å². The van der Waals surface area contributed by atoms with E-state index < -0.39 is 15.9 Å². The fourth-order valence-electron chi connectivity index (χ4n) is 2.71. The summed E-state index contributed by atoms with van der Waals surface area (Å²) in [7, 11) is -3.35. The predicted molar refractivity (Wildman–Crippen MR) is 86.0 cm³/mol. The molecular weight excluding hydrogens is 302 g/mol. The van der Waals surface area contributed by atoms with Crippen LogP contribution >= 0.6 is 0 Å². The molecule has 6 heteroatoms. The van der Waals surface area contributed by atoms with Crippen molar-refractivity contribution >= 4 is 9.84 Å². The van der Waals surface area contributed by atoms with Crippen LogP contribution in [-0.4, -0.2) is 45.1 Å². The first-order valence-corrected chi connectivity index (χ1v) is 9.60. The molecule has 22 heavy (non-hydrogen) atoms. The second kappa shape index (κ2) is 7.44. The molecule has 1 aromatic carbocycles. The van der Waals surface area contributed by atoms with E-state index in [0.717, 1.165) is 24.7 Å². The number of aryl methyl sites for hydroxylation is 1. The maximum atomic E-state index is 11.8. The summed E-state index contributed by atoms with van der Waals surface area (Å²) in [4.78, 5) is 0.161. The zero-order chi connectivity index (χ0) is 16.2. The molecule has 1 aromatic rings. The van der Waals surface area contributed by atoms with Crippen LogP contribution in [-0.2, 0) is 9.84 Å². The summed E-state index contributed by atoms with van der Waals surface area (Å²) in [6, 6.07) is 5.46. The molecule has 0 spiro atoms. The van der Waals surface area contributed by atoms with Gasteiger partial charge in [0.15, 0.2) is 9.84 Å². The minimum absolute atomic E-state index is 0.0751. The minimum Gasteiger partial charge on any atom is -0.489 e. The first-order valence-electron chi connectivity index (χ1n) is 7.71. The third kappa shape index (κ3) is 4.97. The minimum atomic E-state index is -3.35. The van der Waals surface area contributed by atoms with Crippen LogP contribution in [0.25, 0.3) is 0 Å².